The zero-order chi connectivity index (χ0) is 13.1. The molecule has 0 radical (unpaired) electrons. The summed E-state index contributed by atoms with van der Waals surface area (Å²) < 4.78 is 5.39. The maximum absolute atomic E-state index is 6.06. The van der Waals surface area contributed by atoms with E-state index in [1.54, 1.807) is 7.11 Å². The van der Waals surface area contributed by atoms with Crippen LogP contribution < -0.4 is 5.73 Å². The first-order valence-electron chi connectivity index (χ1n) is 6.07. The molecule has 1 aromatic carbocycles. The monoisotopic (exact) mass is 288 g/mol. The van der Waals surface area contributed by atoms with Gasteiger partial charge in [0.25, 0.3) is 0 Å². The van der Waals surface area contributed by atoms with Crippen molar-refractivity contribution in [2.75, 3.05) is 26.7 Å². The van der Waals surface area contributed by atoms with Crippen molar-refractivity contribution in [3.63, 3.8) is 0 Å². The van der Waals surface area contributed by atoms with E-state index in [2.05, 4.69) is 4.90 Å². The molecule has 1 aromatic rings. The lowest BCUT2D eigenvalue weighted by molar-refractivity contribution is 0.101. The van der Waals surface area contributed by atoms with Gasteiger partial charge in [0, 0.05) is 32.8 Å². The molecule has 3 nitrogen and oxygen atoms in total. The van der Waals surface area contributed by atoms with Crippen LogP contribution in [0.4, 0.5) is 0 Å². The Morgan fingerprint density at radius 1 is 1.44 bits per heavy atom. The van der Waals surface area contributed by atoms with E-state index in [9.17, 15) is 0 Å². The second-order valence-corrected chi connectivity index (χ2v) is 5.38. The van der Waals surface area contributed by atoms with Crippen molar-refractivity contribution < 1.29 is 4.74 Å². The van der Waals surface area contributed by atoms with Crippen LogP contribution in [0.5, 0.6) is 0 Å². The Bertz CT molecular complexity index is 414. The second kappa shape index (κ2) is 6.22. The Morgan fingerprint density at radius 3 is 2.78 bits per heavy atom. The third-order valence-electron chi connectivity index (χ3n) is 3.50. The van der Waals surface area contributed by atoms with Crippen LogP contribution in [0.25, 0.3) is 0 Å². The Balaban J connectivity index is 2.15. The number of hydrogen-bond donors (Lipinski definition) is 1. The number of likely N-dealkylation sites (tertiary alicyclic amines) is 1. The molecule has 1 aliphatic rings. The van der Waals surface area contributed by atoms with Crippen LogP contribution in [0.1, 0.15) is 18.0 Å². The summed E-state index contributed by atoms with van der Waals surface area (Å²) in [6.45, 7) is 2.48. The molecule has 18 heavy (non-hydrogen) atoms. The Kier molecular flexibility index (Phi) is 4.87. The maximum Gasteiger partial charge on any atom is 0.0710 e. The van der Waals surface area contributed by atoms with Gasteiger partial charge in [0.1, 0.15) is 0 Å². The van der Waals surface area contributed by atoms with Crippen LogP contribution in [0, 0.1) is 0 Å². The SMILES string of the molecule is COC1CCN(C(CN)c2ccc(Cl)c(Cl)c2)C1. The summed E-state index contributed by atoms with van der Waals surface area (Å²) in [5.74, 6) is 0. The van der Waals surface area contributed by atoms with Crippen LogP contribution >= 0.6 is 23.2 Å². The molecule has 0 aliphatic carbocycles. The third kappa shape index (κ3) is 2.98. The summed E-state index contributed by atoms with van der Waals surface area (Å²) in [6, 6.07) is 5.90. The zero-order valence-corrected chi connectivity index (χ0v) is 11.9. The fourth-order valence-corrected chi connectivity index (χ4v) is 2.75. The van der Waals surface area contributed by atoms with Crippen LogP contribution in [0.15, 0.2) is 18.2 Å². The molecule has 5 heteroatoms. The summed E-state index contributed by atoms with van der Waals surface area (Å²) in [6.07, 6.45) is 1.36. The zero-order valence-electron chi connectivity index (χ0n) is 10.4. The average molecular weight is 289 g/mol. The van der Waals surface area contributed by atoms with Crippen LogP contribution in [-0.4, -0.2) is 37.7 Å². The van der Waals surface area contributed by atoms with Gasteiger partial charge in [-0.05, 0) is 24.1 Å². The molecule has 2 rings (SSSR count). The van der Waals surface area contributed by atoms with E-state index < -0.39 is 0 Å². The number of halogens is 2. The van der Waals surface area contributed by atoms with Gasteiger partial charge in [-0.1, -0.05) is 29.3 Å². The van der Waals surface area contributed by atoms with Crippen molar-refractivity contribution in [2.45, 2.75) is 18.6 Å². The number of rotatable bonds is 4. The topological polar surface area (TPSA) is 38.5 Å². The van der Waals surface area contributed by atoms with Gasteiger partial charge in [0.15, 0.2) is 0 Å². The van der Waals surface area contributed by atoms with Gasteiger partial charge >= 0.3 is 0 Å². The first-order valence-corrected chi connectivity index (χ1v) is 6.83. The van der Waals surface area contributed by atoms with Crippen molar-refractivity contribution >= 4 is 23.2 Å². The van der Waals surface area contributed by atoms with Gasteiger partial charge in [-0.3, -0.25) is 4.90 Å². The molecular formula is C13H18Cl2N2O. The van der Waals surface area contributed by atoms with E-state index in [1.165, 1.54) is 0 Å². The number of nitrogens with zero attached hydrogens (tertiary/aromatic N) is 1. The Hall–Kier alpha value is -0.320. The number of benzene rings is 1. The summed E-state index contributed by atoms with van der Waals surface area (Å²) in [4.78, 5) is 2.34. The fourth-order valence-electron chi connectivity index (χ4n) is 2.45. The molecule has 2 unspecified atom stereocenters. The first kappa shape index (κ1) is 14.1. The summed E-state index contributed by atoms with van der Waals surface area (Å²) in [5, 5.41) is 1.16. The van der Waals surface area contributed by atoms with E-state index in [1.807, 2.05) is 18.2 Å². The molecule has 2 atom stereocenters. The number of hydrogen-bond acceptors (Lipinski definition) is 3. The quantitative estimate of drug-likeness (QED) is 0.926. The van der Waals surface area contributed by atoms with Crippen molar-refractivity contribution in [2.24, 2.45) is 5.73 Å². The highest BCUT2D eigenvalue weighted by molar-refractivity contribution is 6.42. The molecule has 0 spiro atoms. The predicted octanol–water partition coefficient (Wildman–Crippen LogP) is 2.71. The molecule has 0 saturated carbocycles. The molecule has 0 aromatic heterocycles. The van der Waals surface area contributed by atoms with Crippen LogP contribution in [0.3, 0.4) is 0 Å². The first-order chi connectivity index (χ1) is 8.65. The van der Waals surface area contributed by atoms with Gasteiger partial charge in [0.05, 0.1) is 16.1 Å². The summed E-state index contributed by atoms with van der Waals surface area (Å²) in [5.41, 5.74) is 7.02. The minimum Gasteiger partial charge on any atom is -0.380 e. The second-order valence-electron chi connectivity index (χ2n) is 4.57. The highest BCUT2D eigenvalue weighted by Crippen LogP contribution is 2.30. The fraction of sp³-hybridized carbons (Fsp3) is 0.538. The lowest BCUT2D eigenvalue weighted by Crippen LogP contribution is -2.33. The van der Waals surface area contributed by atoms with Crippen molar-refractivity contribution in [1.29, 1.82) is 0 Å². The maximum atomic E-state index is 6.06. The Labute approximate surface area is 118 Å². The molecule has 1 heterocycles. The van der Waals surface area contributed by atoms with Gasteiger partial charge in [-0.15, -0.1) is 0 Å². The van der Waals surface area contributed by atoms with E-state index >= 15 is 0 Å². The van der Waals surface area contributed by atoms with Crippen molar-refractivity contribution in [3.8, 4) is 0 Å². The normalized spacial score (nSPS) is 22.3. The molecule has 2 N–H and O–H groups in total. The molecule has 0 amide bonds. The summed E-state index contributed by atoms with van der Waals surface area (Å²) >= 11 is 12.0. The molecule has 0 bridgehead atoms. The van der Waals surface area contributed by atoms with Crippen LogP contribution in [-0.2, 0) is 4.74 Å². The van der Waals surface area contributed by atoms with Crippen molar-refractivity contribution in [3.05, 3.63) is 33.8 Å². The van der Waals surface area contributed by atoms with Crippen LogP contribution in [0.2, 0.25) is 10.0 Å². The number of ether oxygens (including phenoxy) is 1. The standard InChI is InChI=1S/C13H18Cl2N2O/c1-18-10-4-5-17(8-10)13(7-16)9-2-3-11(14)12(15)6-9/h2-3,6,10,13H,4-5,7-8,16H2,1H3. The minimum absolute atomic E-state index is 0.180. The molecule has 100 valence electrons. The smallest absolute Gasteiger partial charge is 0.0710 e. The minimum atomic E-state index is 0.180. The van der Waals surface area contributed by atoms with Gasteiger partial charge in [-0.25, -0.2) is 0 Å². The Morgan fingerprint density at radius 2 is 2.22 bits per heavy atom. The predicted molar refractivity (Wildman–Crippen MR) is 75.2 cm³/mol. The van der Waals surface area contributed by atoms with E-state index in [0.29, 0.717) is 22.7 Å². The molecular weight excluding hydrogens is 271 g/mol. The number of nitrogens with two attached hydrogens (primary N) is 1. The number of methoxy groups -OCH3 is 1. The average Bonchev–Trinajstić information content (AvgIpc) is 2.83. The van der Waals surface area contributed by atoms with Crippen molar-refractivity contribution in [1.82, 2.24) is 4.90 Å². The van der Waals surface area contributed by atoms with E-state index in [0.717, 1.165) is 25.1 Å². The van der Waals surface area contributed by atoms with E-state index in [4.69, 9.17) is 33.7 Å². The molecule has 1 aliphatic heterocycles. The molecule has 1 saturated heterocycles. The van der Waals surface area contributed by atoms with Gasteiger partial charge in [0.2, 0.25) is 0 Å². The highest BCUT2D eigenvalue weighted by Gasteiger charge is 2.28. The lowest BCUT2D eigenvalue weighted by Gasteiger charge is -2.27. The molecule has 1 fully saturated rings. The van der Waals surface area contributed by atoms with Gasteiger partial charge in [-0.2, -0.15) is 0 Å². The lowest BCUT2D eigenvalue weighted by atomic mass is 10.1. The summed E-state index contributed by atoms with van der Waals surface area (Å²) in [7, 11) is 1.75. The largest absolute Gasteiger partial charge is 0.380 e. The third-order valence-corrected chi connectivity index (χ3v) is 4.24. The van der Waals surface area contributed by atoms with E-state index in [-0.39, 0.29) is 6.04 Å². The van der Waals surface area contributed by atoms with Gasteiger partial charge < -0.3 is 10.5 Å². The highest BCUT2D eigenvalue weighted by atomic mass is 35.5.